The van der Waals surface area contributed by atoms with Crippen molar-refractivity contribution in [2.75, 3.05) is 5.43 Å². The first-order chi connectivity index (χ1) is 11.9. The second-order valence-corrected chi connectivity index (χ2v) is 5.28. The normalized spacial score (nSPS) is 9.85. The van der Waals surface area contributed by atoms with Crippen LogP contribution in [0.3, 0.4) is 0 Å². The van der Waals surface area contributed by atoms with Crippen LogP contribution in [0.1, 0.15) is 11.1 Å². The summed E-state index contributed by atoms with van der Waals surface area (Å²) in [4.78, 5) is 3.96. The minimum Gasteiger partial charge on any atom is -0.489 e. The third-order valence-electron chi connectivity index (χ3n) is 3.46. The average molecular weight is 372 g/mol. The monoisotopic (exact) mass is 371 g/mol. The van der Waals surface area contributed by atoms with Crippen molar-refractivity contribution in [3.8, 4) is 5.75 Å². The van der Waals surface area contributed by atoms with Crippen LogP contribution in [0.2, 0.25) is 0 Å². The molecule has 26 heavy (non-hydrogen) atoms. The molecule has 0 fully saturated rings. The smallest absolute Gasteiger partial charge is 0.119 e. The molecule has 5 nitrogen and oxygen atoms in total. The first-order valence-electron chi connectivity index (χ1n) is 7.83. The van der Waals surface area contributed by atoms with Gasteiger partial charge in [-0.25, -0.2) is 0 Å². The first-order valence-corrected chi connectivity index (χ1v) is 7.83. The Bertz CT molecular complexity index is 766. The highest BCUT2D eigenvalue weighted by molar-refractivity contribution is 5.85. The quantitative estimate of drug-likeness (QED) is 0.505. The molecule has 0 bridgehead atoms. The summed E-state index contributed by atoms with van der Waals surface area (Å²) < 4.78 is 5.78. The van der Waals surface area contributed by atoms with E-state index in [9.17, 15) is 0 Å². The number of aromatic nitrogens is 1. The van der Waals surface area contributed by atoms with E-state index in [1.165, 1.54) is 5.56 Å². The third kappa shape index (κ3) is 6.93. The van der Waals surface area contributed by atoms with Gasteiger partial charge in [0.1, 0.15) is 12.4 Å². The second-order valence-electron chi connectivity index (χ2n) is 5.28. The molecule has 2 aromatic carbocycles. The molecule has 0 aliphatic rings. The molecule has 136 valence electrons. The van der Waals surface area contributed by atoms with Crippen molar-refractivity contribution < 1.29 is 10.2 Å². The van der Waals surface area contributed by atoms with Crippen LogP contribution in [-0.2, 0) is 13.0 Å². The first kappa shape index (κ1) is 21.2. The Morgan fingerprint density at radius 1 is 0.885 bits per heavy atom. The van der Waals surface area contributed by atoms with Crippen LogP contribution in [0.15, 0.2) is 84.2 Å². The molecule has 0 saturated carbocycles. The Labute approximate surface area is 159 Å². The molecule has 0 unspecified atom stereocenters. The number of benzene rings is 2. The van der Waals surface area contributed by atoms with E-state index < -0.39 is 0 Å². The van der Waals surface area contributed by atoms with Crippen LogP contribution < -0.4 is 10.2 Å². The van der Waals surface area contributed by atoms with Crippen molar-refractivity contribution in [2.24, 2.45) is 5.10 Å². The Morgan fingerprint density at radius 3 is 2.27 bits per heavy atom. The molecule has 3 N–H and O–H groups in total. The van der Waals surface area contributed by atoms with Gasteiger partial charge >= 0.3 is 0 Å². The number of hydrogen-bond acceptors (Lipinski definition) is 4. The van der Waals surface area contributed by atoms with Gasteiger partial charge in [0.15, 0.2) is 0 Å². The number of pyridine rings is 1. The van der Waals surface area contributed by atoms with Gasteiger partial charge in [0.25, 0.3) is 0 Å². The molecule has 0 atom stereocenters. The van der Waals surface area contributed by atoms with Crippen molar-refractivity contribution >= 4 is 24.3 Å². The number of anilines is 1. The largest absolute Gasteiger partial charge is 0.489 e. The molecule has 0 aliphatic heterocycles. The lowest BCUT2D eigenvalue weighted by Crippen LogP contribution is -1.96. The van der Waals surface area contributed by atoms with E-state index in [1.54, 1.807) is 12.4 Å². The van der Waals surface area contributed by atoms with E-state index in [0.717, 1.165) is 23.4 Å². The molecular formula is C20H22ClN3O2. The van der Waals surface area contributed by atoms with Crippen molar-refractivity contribution in [2.45, 2.75) is 13.0 Å². The number of ether oxygens (including phenoxy) is 1. The van der Waals surface area contributed by atoms with Crippen molar-refractivity contribution in [3.63, 3.8) is 0 Å². The fourth-order valence-corrected chi connectivity index (χ4v) is 2.16. The van der Waals surface area contributed by atoms with Gasteiger partial charge in [0.05, 0.1) is 5.69 Å². The van der Waals surface area contributed by atoms with E-state index in [1.807, 2.05) is 48.7 Å². The van der Waals surface area contributed by atoms with E-state index in [0.29, 0.717) is 6.61 Å². The number of hydrazone groups is 1. The summed E-state index contributed by atoms with van der Waals surface area (Å²) in [6, 6.07) is 22.0. The Morgan fingerprint density at radius 2 is 1.58 bits per heavy atom. The van der Waals surface area contributed by atoms with Crippen LogP contribution in [0, 0.1) is 0 Å². The van der Waals surface area contributed by atoms with E-state index in [2.05, 4.69) is 39.8 Å². The summed E-state index contributed by atoms with van der Waals surface area (Å²) >= 11 is 0. The number of nitrogens with one attached hydrogen (secondary N) is 1. The van der Waals surface area contributed by atoms with E-state index >= 15 is 0 Å². The lowest BCUT2D eigenvalue weighted by Gasteiger charge is -2.06. The van der Waals surface area contributed by atoms with Crippen LogP contribution >= 0.6 is 12.4 Å². The summed E-state index contributed by atoms with van der Waals surface area (Å²) in [6.07, 6.45) is 6.06. The Balaban J connectivity index is 0.00000169. The maximum absolute atomic E-state index is 5.78. The van der Waals surface area contributed by atoms with Gasteiger partial charge in [-0.05, 0) is 35.4 Å². The summed E-state index contributed by atoms with van der Waals surface area (Å²) in [5.74, 6) is 0.870. The highest BCUT2D eigenvalue weighted by Gasteiger charge is 1.96. The van der Waals surface area contributed by atoms with Crippen molar-refractivity contribution in [1.82, 2.24) is 4.98 Å². The molecular weight excluding hydrogens is 350 g/mol. The minimum absolute atomic E-state index is 0. The van der Waals surface area contributed by atoms with Crippen LogP contribution in [-0.4, -0.2) is 16.7 Å². The lowest BCUT2D eigenvalue weighted by molar-refractivity contribution is 0.306. The fraction of sp³-hybridized carbons (Fsp3) is 0.100. The Hall–Kier alpha value is -2.89. The standard InChI is InChI=1S/C20H19N3O.ClH.H2O/c1-2-4-18(5-3-1)16-24-20-8-6-17(7-9-20)10-15-22-23-19-11-13-21-14-12-19;;/h1-9,11-15H,10,16H2,(H,21,23);1H;1H2. The van der Waals surface area contributed by atoms with E-state index in [4.69, 9.17) is 4.74 Å². The molecule has 3 rings (SSSR count). The summed E-state index contributed by atoms with van der Waals surface area (Å²) in [6.45, 7) is 0.581. The predicted octanol–water partition coefficient (Wildman–Crippen LogP) is 3.90. The molecule has 0 aliphatic carbocycles. The zero-order chi connectivity index (χ0) is 16.5. The summed E-state index contributed by atoms with van der Waals surface area (Å²) in [5, 5.41) is 4.20. The van der Waals surface area contributed by atoms with Crippen LogP contribution in [0.5, 0.6) is 5.75 Å². The van der Waals surface area contributed by atoms with Gasteiger partial charge in [0.2, 0.25) is 0 Å². The molecule has 0 spiro atoms. The highest BCUT2D eigenvalue weighted by Crippen LogP contribution is 2.14. The van der Waals surface area contributed by atoms with Gasteiger partial charge in [0, 0.05) is 25.0 Å². The molecule has 1 heterocycles. The van der Waals surface area contributed by atoms with Crippen LogP contribution in [0.4, 0.5) is 5.69 Å². The molecule has 6 heteroatoms. The zero-order valence-corrected chi connectivity index (χ0v) is 15.0. The maximum atomic E-state index is 5.78. The summed E-state index contributed by atoms with van der Waals surface area (Å²) in [5.41, 5.74) is 6.24. The number of nitrogens with zero attached hydrogens (tertiary/aromatic N) is 2. The molecule has 1 aromatic heterocycles. The van der Waals surface area contributed by atoms with Crippen molar-refractivity contribution in [3.05, 3.63) is 90.3 Å². The molecule has 0 radical (unpaired) electrons. The number of halogens is 1. The van der Waals surface area contributed by atoms with Crippen LogP contribution in [0.25, 0.3) is 0 Å². The van der Waals surface area contributed by atoms with Gasteiger partial charge in [-0.1, -0.05) is 42.5 Å². The molecule has 3 aromatic rings. The van der Waals surface area contributed by atoms with Crippen molar-refractivity contribution in [1.29, 1.82) is 0 Å². The Kier molecular flexibility index (Phi) is 9.46. The molecule has 0 amide bonds. The van der Waals surface area contributed by atoms with Gasteiger partial charge in [-0.3, -0.25) is 10.4 Å². The molecule has 0 saturated heterocycles. The lowest BCUT2D eigenvalue weighted by atomic mass is 10.1. The van der Waals surface area contributed by atoms with Gasteiger partial charge < -0.3 is 10.2 Å². The highest BCUT2D eigenvalue weighted by atomic mass is 35.5. The topological polar surface area (TPSA) is 78.0 Å². The third-order valence-corrected chi connectivity index (χ3v) is 3.46. The average Bonchev–Trinajstić information content (AvgIpc) is 2.66. The van der Waals surface area contributed by atoms with E-state index in [-0.39, 0.29) is 17.9 Å². The number of rotatable bonds is 7. The SMILES string of the molecule is C(Cc1ccc(OCc2ccccc2)cc1)=NNc1ccncc1.Cl.O. The predicted molar refractivity (Wildman–Crippen MR) is 108 cm³/mol. The zero-order valence-electron chi connectivity index (χ0n) is 14.2. The summed E-state index contributed by atoms with van der Waals surface area (Å²) in [7, 11) is 0. The maximum Gasteiger partial charge on any atom is 0.119 e. The minimum atomic E-state index is 0. The number of hydrogen-bond donors (Lipinski definition) is 1. The second kappa shape index (κ2) is 11.6. The van der Waals surface area contributed by atoms with Gasteiger partial charge in [-0.2, -0.15) is 5.10 Å². The fourth-order valence-electron chi connectivity index (χ4n) is 2.16. The van der Waals surface area contributed by atoms with Gasteiger partial charge in [-0.15, -0.1) is 12.4 Å².